The van der Waals surface area contributed by atoms with Crippen molar-refractivity contribution in [1.29, 1.82) is 0 Å². The molecule has 0 heterocycles. The normalized spacial score (nSPS) is 11.4. The zero-order valence-electron chi connectivity index (χ0n) is 15.8. The summed E-state index contributed by atoms with van der Waals surface area (Å²) < 4.78 is 65.4. The Labute approximate surface area is 171 Å². The summed E-state index contributed by atoms with van der Waals surface area (Å²) in [5, 5.41) is 0. The number of rotatable bonds is 5. The van der Waals surface area contributed by atoms with E-state index in [0.29, 0.717) is 0 Å². The van der Waals surface area contributed by atoms with E-state index in [4.69, 9.17) is 9.47 Å². The maximum Gasteiger partial charge on any atom is 2.00 e. The fourth-order valence-corrected chi connectivity index (χ4v) is 2.03. The van der Waals surface area contributed by atoms with E-state index in [9.17, 15) is 17.6 Å². The molecule has 28 heavy (non-hydrogen) atoms. The van der Waals surface area contributed by atoms with Crippen molar-refractivity contribution < 1.29 is 43.5 Å². The Hall–Kier alpha value is -2.41. The quantitative estimate of drug-likeness (QED) is 0.262. The van der Waals surface area contributed by atoms with Gasteiger partial charge in [0.1, 0.15) is 22.9 Å². The van der Waals surface area contributed by atoms with Crippen LogP contribution in [0.1, 0.15) is 13.8 Å². The number of methoxy groups -OCH3 is 2. The molecule has 2 aromatic carbocycles. The molecule has 0 bridgehead atoms. The Balaban J connectivity index is 0.00000364. The van der Waals surface area contributed by atoms with Gasteiger partial charge in [-0.15, -0.1) is 0 Å². The van der Waals surface area contributed by atoms with Crippen molar-refractivity contribution in [3.63, 3.8) is 0 Å². The molecule has 154 valence electrons. The van der Waals surface area contributed by atoms with Crippen LogP contribution >= 0.6 is 0 Å². The number of halogens is 4. The molecule has 9 heteroatoms. The number of hydrogen-bond acceptors (Lipinski definition) is 4. The fraction of sp³-hybridized carbons (Fsp3) is 0.211. The first-order valence-electron chi connectivity index (χ1n) is 7.43. The van der Waals surface area contributed by atoms with Crippen LogP contribution in [0, 0.1) is 30.7 Å². The van der Waals surface area contributed by atoms with Crippen LogP contribution in [0.2, 0.25) is 0 Å². The summed E-state index contributed by atoms with van der Waals surface area (Å²) in [4.78, 5) is 7.67. The third-order valence-corrected chi connectivity index (χ3v) is 3.53. The predicted octanol–water partition coefficient (Wildman–Crippen LogP) is 5.59. The van der Waals surface area contributed by atoms with Gasteiger partial charge in [-0.3, -0.25) is 0 Å². The number of benzene rings is 2. The van der Waals surface area contributed by atoms with Gasteiger partial charge in [0, 0.05) is 24.3 Å². The molecular formula is C19H19F4N2NiO2+. The Morgan fingerprint density at radius 1 is 0.679 bits per heavy atom. The van der Waals surface area contributed by atoms with Crippen molar-refractivity contribution >= 4 is 22.8 Å². The molecule has 0 spiro atoms. The Morgan fingerprint density at radius 3 is 1.14 bits per heavy atom. The van der Waals surface area contributed by atoms with Crippen molar-refractivity contribution in [3.05, 3.63) is 55.0 Å². The number of nitrogens with zero attached hydrogens (tertiary/aromatic N) is 2. The summed E-state index contributed by atoms with van der Waals surface area (Å²) in [7, 11) is 2.55. The van der Waals surface area contributed by atoms with Crippen LogP contribution in [0.4, 0.5) is 28.9 Å². The van der Waals surface area contributed by atoms with E-state index in [2.05, 4.69) is 9.98 Å². The van der Waals surface area contributed by atoms with Crippen LogP contribution in [0.15, 0.2) is 34.3 Å². The first-order chi connectivity index (χ1) is 12.3. The van der Waals surface area contributed by atoms with Gasteiger partial charge in [0.2, 0.25) is 0 Å². The average molecular weight is 442 g/mol. The first kappa shape index (κ1) is 25.6. The first-order valence-corrected chi connectivity index (χ1v) is 7.43. The van der Waals surface area contributed by atoms with E-state index in [-0.39, 0.29) is 46.8 Å². The fourth-order valence-electron chi connectivity index (χ4n) is 2.03. The van der Waals surface area contributed by atoms with Crippen LogP contribution in [0.5, 0.6) is 11.5 Å². The molecule has 2 rings (SSSR count). The van der Waals surface area contributed by atoms with Crippen molar-refractivity contribution in [3.8, 4) is 11.5 Å². The summed E-state index contributed by atoms with van der Waals surface area (Å²) >= 11 is 0. The van der Waals surface area contributed by atoms with Gasteiger partial charge in [-0.1, -0.05) is 0 Å². The van der Waals surface area contributed by atoms with Crippen LogP contribution in [0.25, 0.3) is 0 Å². The van der Waals surface area contributed by atoms with Crippen LogP contribution < -0.4 is 9.47 Å². The van der Waals surface area contributed by atoms with Crippen molar-refractivity contribution in [2.24, 2.45) is 9.98 Å². The molecule has 4 nitrogen and oxygen atoms in total. The van der Waals surface area contributed by atoms with Crippen molar-refractivity contribution in [2.75, 3.05) is 14.2 Å². The maximum absolute atomic E-state index is 14.0. The molecule has 0 atom stereocenters. The minimum atomic E-state index is -0.934. The predicted molar refractivity (Wildman–Crippen MR) is 97.8 cm³/mol. The minimum Gasteiger partial charge on any atom is -0.497 e. The molecular weight excluding hydrogens is 423 g/mol. The van der Waals surface area contributed by atoms with Gasteiger partial charge in [0.25, 0.3) is 0 Å². The van der Waals surface area contributed by atoms with E-state index in [1.54, 1.807) is 0 Å². The van der Waals surface area contributed by atoms with Gasteiger partial charge in [0.05, 0.1) is 25.6 Å². The van der Waals surface area contributed by atoms with E-state index in [1.165, 1.54) is 28.1 Å². The van der Waals surface area contributed by atoms with Gasteiger partial charge in [-0.05, 0) is 13.8 Å². The zero-order chi connectivity index (χ0) is 19.4. The summed E-state index contributed by atoms with van der Waals surface area (Å²) in [5.74, 6) is -3.73. The van der Waals surface area contributed by atoms with Gasteiger partial charge in [-0.25, -0.2) is 27.5 Å². The second-order valence-electron chi connectivity index (χ2n) is 5.27. The monoisotopic (exact) mass is 441 g/mol. The van der Waals surface area contributed by atoms with Gasteiger partial charge >= 0.3 is 16.5 Å². The van der Waals surface area contributed by atoms with Gasteiger partial charge < -0.3 is 16.9 Å². The molecule has 0 unspecified atom stereocenters. The summed E-state index contributed by atoms with van der Waals surface area (Å²) in [6.45, 7) is 2.84. The second-order valence-corrected chi connectivity index (χ2v) is 5.27. The van der Waals surface area contributed by atoms with E-state index >= 15 is 0 Å². The van der Waals surface area contributed by atoms with E-state index in [1.807, 2.05) is 0 Å². The number of hydrogen-bond donors (Lipinski definition) is 0. The molecule has 2 aromatic rings. The van der Waals surface area contributed by atoms with Crippen LogP contribution in [-0.2, 0) is 16.5 Å². The minimum absolute atomic E-state index is 0. The topological polar surface area (TPSA) is 43.2 Å². The summed E-state index contributed by atoms with van der Waals surface area (Å²) in [5.41, 5.74) is -0.924. The molecule has 0 saturated heterocycles. The third-order valence-electron chi connectivity index (χ3n) is 3.53. The molecule has 0 aliphatic rings. The van der Waals surface area contributed by atoms with Crippen molar-refractivity contribution in [1.82, 2.24) is 0 Å². The number of ether oxygens (including phenoxy) is 2. The molecule has 0 saturated carbocycles. The SMILES string of the molecule is COc1cc(F)c(N=C(C)C(C)=Nc2c(F)cc(OC)cc2F)c(F)c1.[CH3-].[Ni+2]. The average Bonchev–Trinajstić information content (AvgIpc) is 2.60. The molecule has 0 N–H and O–H groups in total. The standard InChI is InChI=1S/C18H16F4N2O2.CH3.Ni/c1-9(23-17-13(19)5-11(25-3)6-14(17)20)10(2)24-18-15(21)7-12(26-4)8-16(18)22;;/h5-8H,1-4H3;1H3;/q;-1;+2. The Bertz CT molecular complexity index is 782. The Kier molecular flexibility index (Phi) is 9.88. The second kappa shape index (κ2) is 10.8. The smallest absolute Gasteiger partial charge is 0.497 e. The molecule has 0 radical (unpaired) electrons. The van der Waals surface area contributed by atoms with Gasteiger partial charge in [-0.2, -0.15) is 0 Å². The van der Waals surface area contributed by atoms with Crippen LogP contribution in [-0.4, -0.2) is 25.6 Å². The van der Waals surface area contributed by atoms with E-state index in [0.717, 1.165) is 24.3 Å². The molecule has 0 aliphatic carbocycles. The maximum atomic E-state index is 14.0. The Morgan fingerprint density at radius 2 is 0.929 bits per heavy atom. The molecule has 0 aromatic heterocycles. The third kappa shape index (κ3) is 5.79. The molecule has 0 aliphatic heterocycles. The van der Waals surface area contributed by atoms with Gasteiger partial charge in [0.15, 0.2) is 23.3 Å². The summed E-state index contributed by atoms with van der Waals surface area (Å²) in [6, 6.07) is 3.91. The van der Waals surface area contributed by atoms with E-state index < -0.39 is 34.6 Å². The molecule has 0 amide bonds. The largest absolute Gasteiger partial charge is 2.00 e. The number of aliphatic imine (C=N–C) groups is 2. The summed E-state index contributed by atoms with van der Waals surface area (Å²) in [6.07, 6.45) is 0. The van der Waals surface area contributed by atoms with Crippen LogP contribution in [0.3, 0.4) is 0 Å². The zero-order valence-corrected chi connectivity index (χ0v) is 16.8. The van der Waals surface area contributed by atoms with Crippen molar-refractivity contribution in [2.45, 2.75) is 13.8 Å². The molecule has 0 fully saturated rings.